The number of aliphatic hydroxyl groups excluding tert-OH is 1. The number of rotatable bonds is 2. The summed E-state index contributed by atoms with van der Waals surface area (Å²) in [5.74, 6) is -0.663. The monoisotopic (exact) mass is 301 g/mol. The number of amides is 1. The van der Waals surface area contributed by atoms with Gasteiger partial charge in [-0.1, -0.05) is 0 Å². The van der Waals surface area contributed by atoms with E-state index in [0.29, 0.717) is 16.6 Å². The minimum atomic E-state index is -0.449. The van der Waals surface area contributed by atoms with E-state index in [1.165, 1.54) is 12.1 Å². The lowest BCUT2D eigenvalue weighted by Gasteiger charge is -2.23. The van der Waals surface area contributed by atoms with Crippen LogP contribution in [0.2, 0.25) is 0 Å². The fraction of sp³-hybridized carbons (Fsp3) is 0.417. The van der Waals surface area contributed by atoms with Gasteiger partial charge in [-0.2, -0.15) is 0 Å². The first-order chi connectivity index (χ1) is 8.13. The van der Waals surface area contributed by atoms with Crippen molar-refractivity contribution in [1.82, 2.24) is 4.90 Å². The molecule has 0 aromatic heterocycles. The van der Waals surface area contributed by atoms with Gasteiger partial charge in [0.25, 0.3) is 5.91 Å². The fourth-order valence-corrected chi connectivity index (χ4v) is 2.33. The summed E-state index contributed by atoms with van der Waals surface area (Å²) in [6.07, 6.45) is 1.69. The van der Waals surface area contributed by atoms with Crippen LogP contribution in [0.4, 0.5) is 4.39 Å². The summed E-state index contributed by atoms with van der Waals surface area (Å²) in [6, 6.07) is 4.20. The molecule has 1 amide bonds. The first-order valence-electron chi connectivity index (χ1n) is 5.50. The van der Waals surface area contributed by atoms with Gasteiger partial charge in [-0.05, 0) is 47.0 Å². The van der Waals surface area contributed by atoms with Crippen molar-refractivity contribution < 1.29 is 14.3 Å². The molecule has 1 aliphatic rings. The van der Waals surface area contributed by atoms with Gasteiger partial charge in [0.05, 0.1) is 17.1 Å². The van der Waals surface area contributed by atoms with Crippen molar-refractivity contribution in [2.75, 3.05) is 13.2 Å². The third-order valence-electron chi connectivity index (χ3n) is 3.02. The van der Waals surface area contributed by atoms with Crippen molar-refractivity contribution in [2.45, 2.75) is 18.9 Å². The van der Waals surface area contributed by atoms with E-state index < -0.39 is 5.82 Å². The molecule has 0 saturated carbocycles. The number of hydrogen-bond acceptors (Lipinski definition) is 2. The van der Waals surface area contributed by atoms with E-state index in [9.17, 15) is 9.18 Å². The van der Waals surface area contributed by atoms with E-state index in [2.05, 4.69) is 15.9 Å². The Morgan fingerprint density at radius 2 is 2.35 bits per heavy atom. The minimum absolute atomic E-state index is 0.0370. The maximum Gasteiger partial charge on any atom is 0.254 e. The van der Waals surface area contributed by atoms with E-state index in [0.717, 1.165) is 12.8 Å². The van der Waals surface area contributed by atoms with E-state index in [1.54, 1.807) is 11.0 Å². The predicted molar refractivity (Wildman–Crippen MR) is 65.2 cm³/mol. The van der Waals surface area contributed by atoms with Crippen molar-refractivity contribution in [3.8, 4) is 0 Å². The number of benzene rings is 1. The summed E-state index contributed by atoms with van der Waals surface area (Å²) < 4.78 is 13.7. The summed E-state index contributed by atoms with van der Waals surface area (Å²) >= 11 is 3.05. The normalized spacial score (nSPS) is 19.7. The number of carbonyl (C=O) groups is 1. The molecule has 17 heavy (non-hydrogen) atoms. The molecule has 0 radical (unpaired) electrons. The highest BCUT2D eigenvalue weighted by Gasteiger charge is 2.28. The van der Waals surface area contributed by atoms with Gasteiger partial charge in [0.15, 0.2) is 0 Å². The van der Waals surface area contributed by atoms with Crippen LogP contribution >= 0.6 is 15.9 Å². The van der Waals surface area contributed by atoms with Gasteiger partial charge in [0.1, 0.15) is 5.82 Å². The standard InChI is InChI=1S/C12H13BrFNO2/c13-10-4-3-8(6-11(10)14)12(17)15-5-1-2-9(15)7-16/h3-4,6,9,16H,1-2,5,7H2/t9-/m1/s1. The van der Waals surface area contributed by atoms with Crippen molar-refractivity contribution in [3.05, 3.63) is 34.1 Å². The Labute approximate surface area is 107 Å². The van der Waals surface area contributed by atoms with Crippen molar-refractivity contribution in [1.29, 1.82) is 0 Å². The molecule has 0 aliphatic carbocycles. The molecule has 1 saturated heterocycles. The van der Waals surface area contributed by atoms with Crippen LogP contribution in [0.15, 0.2) is 22.7 Å². The van der Waals surface area contributed by atoms with Gasteiger partial charge in [0.2, 0.25) is 0 Å². The molecule has 3 nitrogen and oxygen atoms in total. The number of likely N-dealkylation sites (tertiary alicyclic amines) is 1. The van der Waals surface area contributed by atoms with Crippen LogP contribution in [0.5, 0.6) is 0 Å². The van der Waals surface area contributed by atoms with E-state index in [1.807, 2.05) is 0 Å². The molecule has 5 heteroatoms. The summed E-state index contributed by atoms with van der Waals surface area (Å²) in [5.41, 5.74) is 0.325. The van der Waals surface area contributed by atoms with Gasteiger partial charge in [-0.3, -0.25) is 4.79 Å². The largest absolute Gasteiger partial charge is 0.394 e. The first kappa shape index (κ1) is 12.5. The van der Waals surface area contributed by atoms with Crippen molar-refractivity contribution in [3.63, 3.8) is 0 Å². The maximum atomic E-state index is 13.3. The third kappa shape index (κ3) is 2.50. The Hall–Kier alpha value is -0.940. The highest BCUT2D eigenvalue weighted by Crippen LogP contribution is 2.22. The van der Waals surface area contributed by atoms with E-state index in [-0.39, 0.29) is 18.6 Å². The van der Waals surface area contributed by atoms with Gasteiger partial charge in [-0.25, -0.2) is 4.39 Å². The van der Waals surface area contributed by atoms with Crippen LogP contribution in [-0.4, -0.2) is 35.1 Å². The first-order valence-corrected chi connectivity index (χ1v) is 6.29. The minimum Gasteiger partial charge on any atom is -0.394 e. The van der Waals surface area contributed by atoms with Crippen molar-refractivity contribution in [2.24, 2.45) is 0 Å². The Morgan fingerprint density at radius 1 is 1.59 bits per heavy atom. The number of nitrogens with zero attached hydrogens (tertiary/aromatic N) is 1. The zero-order chi connectivity index (χ0) is 12.4. The van der Waals surface area contributed by atoms with Gasteiger partial charge >= 0.3 is 0 Å². The van der Waals surface area contributed by atoms with Crippen LogP contribution < -0.4 is 0 Å². The zero-order valence-electron chi connectivity index (χ0n) is 9.20. The summed E-state index contributed by atoms with van der Waals surface area (Å²) in [6.45, 7) is 0.590. The van der Waals surface area contributed by atoms with Gasteiger partial charge < -0.3 is 10.0 Å². The molecule has 1 aromatic rings. The molecule has 1 fully saturated rings. The second-order valence-electron chi connectivity index (χ2n) is 4.11. The molecule has 92 valence electrons. The predicted octanol–water partition coefficient (Wildman–Crippen LogP) is 2.19. The Morgan fingerprint density at radius 3 is 3.00 bits per heavy atom. The molecule has 0 spiro atoms. The molecule has 1 heterocycles. The molecular weight excluding hydrogens is 289 g/mol. The zero-order valence-corrected chi connectivity index (χ0v) is 10.8. The Bertz CT molecular complexity index is 439. The van der Waals surface area contributed by atoms with E-state index in [4.69, 9.17) is 5.11 Å². The smallest absolute Gasteiger partial charge is 0.254 e. The van der Waals surface area contributed by atoms with Gasteiger partial charge in [0, 0.05) is 12.1 Å². The SMILES string of the molecule is O=C(c1ccc(Br)c(F)c1)N1CCC[C@@H]1CO. The van der Waals surface area contributed by atoms with Crippen LogP contribution in [0.3, 0.4) is 0 Å². The number of halogens is 2. The summed E-state index contributed by atoms with van der Waals surface area (Å²) in [7, 11) is 0. The van der Waals surface area contributed by atoms with Gasteiger partial charge in [-0.15, -0.1) is 0 Å². The molecule has 0 bridgehead atoms. The molecule has 1 aromatic carbocycles. The molecule has 0 unspecified atom stereocenters. The van der Waals surface area contributed by atoms with Crippen LogP contribution in [0.1, 0.15) is 23.2 Å². The second-order valence-corrected chi connectivity index (χ2v) is 4.96. The summed E-state index contributed by atoms with van der Waals surface area (Å²) in [5, 5.41) is 9.16. The molecule has 1 aliphatic heterocycles. The molecule has 1 N–H and O–H groups in total. The van der Waals surface area contributed by atoms with Crippen LogP contribution in [0.25, 0.3) is 0 Å². The Kier molecular flexibility index (Phi) is 3.79. The topological polar surface area (TPSA) is 40.5 Å². The Balaban J connectivity index is 2.21. The highest BCUT2D eigenvalue weighted by atomic mass is 79.9. The highest BCUT2D eigenvalue weighted by molar-refractivity contribution is 9.10. The molecule has 2 rings (SSSR count). The molecule has 1 atom stereocenters. The lowest BCUT2D eigenvalue weighted by Crippen LogP contribution is -2.37. The average Bonchev–Trinajstić information content (AvgIpc) is 2.80. The van der Waals surface area contributed by atoms with E-state index >= 15 is 0 Å². The average molecular weight is 302 g/mol. The second kappa shape index (κ2) is 5.14. The lowest BCUT2D eigenvalue weighted by molar-refractivity contribution is 0.0677. The number of aliphatic hydroxyl groups is 1. The molecular formula is C12H13BrFNO2. The van der Waals surface area contributed by atoms with Crippen LogP contribution in [0, 0.1) is 5.82 Å². The fourth-order valence-electron chi connectivity index (χ4n) is 2.09. The quantitative estimate of drug-likeness (QED) is 0.910. The number of hydrogen-bond donors (Lipinski definition) is 1. The maximum absolute atomic E-state index is 13.3. The summed E-state index contributed by atoms with van der Waals surface area (Å²) in [4.78, 5) is 13.7. The number of carbonyl (C=O) groups excluding carboxylic acids is 1. The third-order valence-corrected chi connectivity index (χ3v) is 3.66. The van der Waals surface area contributed by atoms with Crippen molar-refractivity contribution >= 4 is 21.8 Å². The van der Waals surface area contributed by atoms with Crippen LogP contribution in [-0.2, 0) is 0 Å². The lowest BCUT2D eigenvalue weighted by atomic mass is 10.1.